The van der Waals surface area contributed by atoms with Gasteiger partial charge in [-0.2, -0.15) is 13.2 Å². The molecule has 0 aliphatic heterocycles. The number of rotatable bonds is 3. The van der Waals surface area contributed by atoms with E-state index < -0.39 is 17.6 Å². The Morgan fingerprint density at radius 1 is 0.861 bits per heavy atom. The van der Waals surface area contributed by atoms with E-state index >= 15 is 0 Å². The van der Waals surface area contributed by atoms with E-state index in [9.17, 15) is 17.6 Å². The average molecular weight is 494 g/mol. The highest BCUT2D eigenvalue weighted by Crippen LogP contribution is 2.38. The van der Waals surface area contributed by atoms with Crippen molar-refractivity contribution < 1.29 is 17.6 Å². The Bertz CT molecular complexity index is 1520. The van der Waals surface area contributed by atoms with Crippen LogP contribution in [0.1, 0.15) is 25.0 Å². The summed E-state index contributed by atoms with van der Waals surface area (Å²) in [4.78, 5) is 13.3. The number of anilines is 1. The Kier molecular flexibility index (Phi) is 6.74. The Morgan fingerprint density at radius 3 is 2.25 bits per heavy atom. The predicted molar refractivity (Wildman–Crippen MR) is 133 cm³/mol. The Hall–Kier alpha value is -4.27. The maximum Gasteiger partial charge on any atom is 0.417 e. The first kappa shape index (κ1) is 24.8. The third-order valence-corrected chi connectivity index (χ3v) is 5.44. The lowest BCUT2D eigenvalue weighted by molar-refractivity contribution is -0.137. The van der Waals surface area contributed by atoms with Crippen molar-refractivity contribution in [2.24, 2.45) is 0 Å². The van der Waals surface area contributed by atoms with Gasteiger partial charge in [-0.1, -0.05) is 31.5 Å². The highest BCUT2D eigenvalue weighted by atomic mass is 19.4. The first-order valence-electron chi connectivity index (χ1n) is 11.3. The van der Waals surface area contributed by atoms with Crippen LogP contribution < -0.4 is 5.73 Å². The second-order valence-corrected chi connectivity index (χ2v) is 7.77. The standard InChI is InChI=1S/C25H17F4N5.C2H6/c1-14-4-7-16(8-5-14)34-23(18-3-2-12-31-22(18)30)33-21-11-10-20(32-24(21)34)17-9-6-15(26)13-19(17)25(27,28)29;1-2/h2-13H,1H3,(H2,30,31);1-2H3. The van der Waals surface area contributed by atoms with Crippen LogP contribution in [0.15, 0.2) is 72.9 Å². The van der Waals surface area contributed by atoms with Gasteiger partial charge in [0.05, 0.1) is 16.8 Å². The van der Waals surface area contributed by atoms with Crippen molar-refractivity contribution in [2.75, 3.05) is 5.73 Å². The maximum absolute atomic E-state index is 13.6. The number of aromatic nitrogens is 4. The summed E-state index contributed by atoms with van der Waals surface area (Å²) in [5.41, 5.74) is 7.89. The molecule has 0 aliphatic carbocycles. The van der Waals surface area contributed by atoms with Gasteiger partial charge < -0.3 is 5.73 Å². The highest BCUT2D eigenvalue weighted by molar-refractivity contribution is 5.85. The van der Waals surface area contributed by atoms with E-state index in [-0.39, 0.29) is 17.1 Å². The van der Waals surface area contributed by atoms with Gasteiger partial charge in [-0.05, 0) is 61.5 Å². The van der Waals surface area contributed by atoms with E-state index in [1.165, 1.54) is 6.07 Å². The number of hydrogen-bond acceptors (Lipinski definition) is 4. The number of nitrogens with zero attached hydrogens (tertiary/aromatic N) is 4. The number of imidazole rings is 1. The summed E-state index contributed by atoms with van der Waals surface area (Å²) >= 11 is 0. The molecule has 5 nitrogen and oxygen atoms in total. The molecule has 0 radical (unpaired) electrons. The molecule has 0 saturated heterocycles. The molecule has 0 aliphatic rings. The highest BCUT2D eigenvalue weighted by Gasteiger charge is 2.34. The molecule has 2 N–H and O–H groups in total. The van der Waals surface area contributed by atoms with Crippen LogP contribution in [0.4, 0.5) is 23.4 Å². The quantitative estimate of drug-likeness (QED) is 0.269. The van der Waals surface area contributed by atoms with E-state index in [0.717, 1.165) is 17.7 Å². The van der Waals surface area contributed by atoms with Crippen molar-refractivity contribution in [1.29, 1.82) is 0 Å². The van der Waals surface area contributed by atoms with Crippen molar-refractivity contribution in [3.05, 3.63) is 89.9 Å². The normalized spacial score (nSPS) is 11.3. The molecule has 0 spiro atoms. The summed E-state index contributed by atoms with van der Waals surface area (Å²) in [6.45, 7) is 5.94. The molecule has 0 bridgehead atoms. The van der Waals surface area contributed by atoms with Gasteiger partial charge in [-0.25, -0.2) is 19.3 Å². The van der Waals surface area contributed by atoms with Crippen molar-refractivity contribution in [1.82, 2.24) is 19.5 Å². The number of hydrogen-bond donors (Lipinski definition) is 1. The van der Waals surface area contributed by atoms with Gasteiger partial charge in [-0.15, -0.1) is 0 Å². The Labute approximate surface area is 205 Å². The first-order chi connectivity index (χ1) is 17.2. The minimum Gasteiger partial charge on any atom is -0.383 e. The third-order valence-electron chi connectivity index (χ3n) is 5.44. The summed E-state index contributed by atoms with van der Waals surface area (Å²) in [7, 11) is 0. The molecule has 0 atom stereocenters. The topological polar surface area (TPSA) is 69.6 Å². The minimum absolute atomic E-state index is 0.0406. The van der Waals surface area contributed by atoms with E-state index in [1.807, 2.05) is 45.0 Å². The summed E-state index contributed by atoms with van der Waals surface area (Å²) in [5.74, 6) is -0.273. The van der Waals surface area contributed by atoms with Crippen LogP contribution >= 0.6 is 0 Å². The molecule has 3 aromatic heterocycles. The summed E-state index contributed by atoms with van der Waals surface area (Å²) in [6, 6.07) is 16.6. The van der Waals surface area contributed by atoms with E-state index in [0.29, 0.717) is 34.3 Å². The molecule has 36 heavy (non-hydrogen) atoms. The van der Waals surface area contributed by atoms with Crippen LogP contribution in [0.2, 0.25) is 0 Å². The number of nitrogens with two attached hydrogens (primary N) is 1. The average Bonchev–Trinajstić information content (AvgIpc) is 3.24. The second kappa shape index (κ2) is 9.77. The number of benzene rings is 2. The first-order valence-corrected chi connectivity index (χ1v) is 11.3. The monoisotopic (exact) mass is 493 g/mol. The number of fused-ring (bicyclic) bond motifs is 1. The number of alkyl halides is 3. The van der Waals surface area contributed by atoms with Crippen LogP contribution in [0.5, 0.6) is 0 Å². The molecule has 0 amide bonds. The Balaban J connectivity index is 0.00000148. The maximum atomic E-state index is 13.6. The van der Waals surface area contributed by atoms with Crippen molar-refractivity contribution >= 4 is 17.0 Å². The van der Waals surface area contributed by atoms with Crippen LogP contribution in [0.3, 0.4) is 0 Å². The van der Waals surface area contributed by atoms with Gasteiger partial charge in [0.15, 0.2) is 11.5 Å². The van der Waals surface area contributed by atoms with Crippen LogP contribution in [0.25, 0.3) is 39.5 Å². The molecular formula is C27H23F4N5. The molecule has 9 heteroatoms. The fourth-order valence-corrected chi connectivity index (χ4v) is 3.81. The lowest BCUT2D eigenvalue weighted by atomic mass is 10.0. The lowest BCUT2D eigenvalue weighted by Gasteiger charge is -2.13. The zero-order chi connectivity index (χ0) is 26.0. The van der Waals surface area contributed by atoms with Crippen molar-refractivity contribution in [2.45, 2.75) is 26.9 Å². The third kappa shape index (κ3) is 4.64. The van der Waals surface area contributed by atoms with Crippen LogP contribution in [-0.2, 0) is 6.18 Å². The van der Waals surface area contributed by atoms with Gasteiger partial charge in [0, 0.05) is 17.4 Å². The molecule has 184 valence electrons. The second-order valence-electron chi connectivity index (χ2n) is 7.77. The lowest BCUT2D eigenvalue weighted by Crippen LogP contribution is -2.08. The molecule has 3 heterocycles. The minimum atomic E-state index is -4.75. The van der Waals surface area contributed by atoms with Gasteiger partial charge in [0.2, 0.25) is 0 Å². The van der Waals surface area contributed by atoms with Gasteiger partial charge >= 0.3 is 6.18 Å². The number of aryl methyl sites for hydroxylation is 1. The van der Waals surface area contributed by atoms with Gasteiger partial charge in [-0.3, -0.25) is 4.57 Å². The number of nitrogen functional groups attached to an aromatic ring is 1. The SMILES string of the molecule is CC.Cc1ccc(-n2c(-c3cccnc3N)nc3ccc(-c4ccc(F)cc4C(F)(F)F)nc32)cc1. The van der Waals surface area contributed by atoms with Crippen molar-refractivity contribution in [3.63, 3.8) is 0 Å². The fraction of sp³-hybridized carbons (Fsp3) is 0.148. The summed E-state index contributed by atoms with van der Waals surface area (Å²) in [6.07, 6.45) is -3.19. The van der Waals surface area contributed by atoms with Gasteiger partial charge in [0.1, 0.15) is 17.2 Å². The smallest absolute Gasteiger partial charge is 0.383 e. The van der Waals surface area contributed by atoms with Crippen molar-refractivity contribution in [3.8, 4) is 28.3 Å². The number of halogens is 4. The zero-order valence-electron chi connectivity index (χ0n) is 19.8. The molecule has 5 rings (SSSR count). The van der Waals surface area contributed by atoms with E-state index in [1.54, 1.807) is 29.0 Å². The number of pyridine rings is 2. The molecule has 0 saturated carbocycles. The summed E-state index contributed by atoms with van der Waals surface area (Å²) < 4.78 is 56.3. The zero-order valence-corrected chi connectivity index (χ0v) is 19.8. The van der Waals surface area contributed by atoms with E-state index in [4.69, 9.17) is 5.73 Å². The molecular weight excluding hydrogens is 470 g/mol. The molecule has 2 aromatic carbocycles. The fourth-order valence-electron chi connectivity index (χ4n) is 3.81. The molecule has 0 unspecified atom stereocenters. The Morgan fingerprint density at radius 2 is 1.58 bits per heavy atom. The molecule has 0 fully saturated rings. The largest absolute Gasteiger partial charge is 0.417 e. The van der Waals surface area contributed by atoms with Gasteiger partial charge in [0.25, 0.3) is 0 Å². The van der Waals surface area contributed by atoms with Crippen LogP contribution in [0, 0.1) is 12.7 Å². The van der Waals surface area contributed by atoms with Crippen LogP contribution in [-0.4, -0.2) is 19.5 Å². The summed E-state index contributed by atoms with van der Waals surface area (Å²) in [5, 5.41) is 0. The molecule has 5 aromatic rings. The predicted octanol–water partition coefficient (Wildman–Crippen LogP) is 7.22. The van der Waals surface area contributed by atoms with E-state index in [2.05, 4.69) is 15.0 Å².